The standard InChI is InChI=1S/C8H17P/c1-3-4-8-5-6-9-7(8)2/h7-9H,3-6H2,1-2H3. The number of hydrogen-bond acceptors (Lipinski definition) is 0. The highest BCUT2D eigenvalue weighted by Crippen LogP contribution is 2.39. The highest BCUT2D eigenvalue weighted by Gasteiger charge is 2.21. The van der Waals surface area contributed by atoms with Gasteiger partial charge in [-0.1, -0.05) is 26.7 Å². The molecule has 0 aromatic carbocycles. The quantitative estimate of drug-likeness (QED) is 0.523. The van der Waals surface area contributed by atoms with Crippen LogP contribution in [0.15, 0.2) is 0 Å². The Bertz CT molecular complexity index is 80.6. The fraction of sp³-hybridized carbons (Fsp3) is 1.00. The van der Waals surface area contributed by atoms with Gasteiger partial charge in [0.1, 0.15) is 0 Å². The first-order chi connectivity index (χ1) is 4.34. The molecule has 0 radical (unpaired) electrons. The van der Waals surface area contributed by atoms with E-state index in [-0.39, 0.29) is 0 Å². The predicted molar refractivity (Wildman–Crippen MR) is 45.7 cm³/mol. The van der Waals surface area contributed by atoms with Crippen LogP contribution in [0.25, 0.3) is 0 Å². The van der Waals surface area contributed by atoms with Crippen LogP contribution in [0.5, 0.6) is 0 Å². The van der Waals surface area contributed by atoms with Crippen LogP contribution in [0.1, 0.15) is 33.1 Å². The van der Waals surface area contributed by atoms with Gasteiger partial charge < -0.3 is 0 Å². The van der Waals surface area contributed by atoms with Crippen molar-refractivity contribution in [3.05, 3.63) is 0 Å². The van der Waals surface area contributed by atoms with E-state index in [4.69, 9.17) is 0 Å². The van der Waals surface area contributed by atoms with Gasteiger partial charge in [-0.25, -0.2) is 0 Å². The number of hydrogen-bond donors (Lipinski definition) is 0. The van der Waals surface area contributed by atoms with Crippen LogP contribution in [0.4, 0.5) is 0 Å². The van der Waals surface area contributed by atoms with Crippen LogP contribution in [0.3, 0.4) is 0 Å². The molecule has 0 amide bonds. The van der Waals surface area contributed by atoms with Crippen molar-refractivity contribution in [2.75, 3.05) is 6.16 Å². The van der Waals surface area contributed by atoms with Crippen molar-refractivity contribution in [1.82, 2.24) is 0 Å². The monoisotopic (exact) mass is 144 g/mol. The van der Waals surface area contributed by atoms with Gasteiger partial charge in [0.2, 0.25) is 0 Å². The second-order valence-corrected chi connectivity index (χ2v) is 4.90. The zero-order valence-electron chi connectivity index (χ0n) is 6.48. The number of rotatable bonds is 2. The third-order valence-corrected chi connectivity index (χ3v) is 4.04. The van der Waals surface area contributed by atoms with Gasteiger partial charge in [0.15, 0.2) is 0 Å². The zero-order valence-corrected chi connectivity index (χ0v) is 7.48. The third kappa shape index (κ3) is 1.93. The van der Waals surface area contributed by atoms with E-state index in [0.29, 0.717) is 0 Å². The Hall–Kier alpha value is 0.430. The van der Waals surface area contributed by atoms with Crippen molar-refractivity contribution in [2.24, 2.45) is 5.92 Å². The van der Waals surface area contributed by atoms with E-state index in [2.05, 4.69) is 13.8 Å². The van der Waals surface area contributed by atoms with Crippen molar-refractivity contribution >= 4 is 8.58 Å². The van der Waals surface area contributed by atoms with E-state index in [1.807, 2.05) is 0 Å². The highest BCUT2D eigenvalue weighted by molar-refractivity contribution is 7.39. The maximum Gasteiger partial charge on any atom is -0.0237 e. The fourth-order valence-electron chi connectivity index (χ4n) is 1.68. The van der Waals surface area contributed by atoms with Gasteiger partial charge in [-0.15, -0.1) is 8.58 Å². The molecule has 0 aromatic heterocycles. The van der Waals surface area contributed by atoms with Crippen LogP contribution in [0.2, 0.25) is 0 Å². The van der Waals surface area contributed by atoms with Gasteiger partial charge in [-0.05, 0) is 24.2 Å². The minimum Gasteiger partial charge on any atom is -0.119 e. The maximum atomic E-state index is 2.42. The summed E-state index contributed by atoms with van der Waals surface area (Å²) < 4.78 is 0. The fourth-order valence-corrected chi connectivity index (χ4v) is 3.34. The lowest BCUT2D eigenvalue weighted by Gasteiger charge is -2.12. The molecule has 0 spiro atoms. The summed E-state index contributed by atoms with van der Waals surface area (Å²) in [5.74, 6) is 1.09. The summed E-state index contributed by atoms with van der Waals surface area (Å²) in [5, 5.41) is 0. The summed E-state index contributed by atoms with van der Waals surface area (Å²) in [6.45, 7) is 4.72. The maximum absolute atomic E-state index is 2.42. The Morgan fingerprint density at radius 1 is 1.56 bits per heavy atom. The molecule has 1 aliphatic heterocycles. The molecule has 0 bridgehead atoms. The van der Waals surface area contributed by atoms with Gasteiger partial charge >= 0.3 is 0 Å². The van der Waals surface area contributed by atoms with Crippen LogP contribution < -0.4 is 0 Å². The Morgan fingerprint density at radius 3 is 2.78 bits per heavy atom. The average Bonchev–Trinajstić information content (AvgIpc) is 2.18. The smallest absolute Gasteiger partial charge is 0.0237 e. The van der Waals surface area contributed by atoms with Gasteiger partial charge in [0, 0.05) is 0 Å². The average molecular weight is 144 g/mol. The molecule has 1 fully saturated rings. The highest BCUT2D eigenvalue weighted by atomic mass is 31.1. The summed E-state index contributed by atoms with van der Waals surface area (Å²) in [7, 11) is 1.27. The largest absolute Gasteiger partial charge is 0.119 e. The Labute approximate surface area is 60.2 Å². The van der Waals surface area contributed by atoms with Crippen molar-refractivity contribution in [2.45, 2.75) is 38.8 Å². The topological polar surface area (TPSA) is 0 Å². The predicted octanol–water partition coefficient (Wildman–Crippen LogP) is 2.87. The molecule has 0 N–H and O–H groups in total. The summed E-state index contributed by atoms with van der Waals surface area (Å²) in [6, 6.07) is 0. The lowest BCUT2D eigenvalue weighted by Crippen LogP contribution is -2.05. The Balaban J connectivity index is 2.22. The molecule has 0 aliphatic carbocycles. The van der Waals surface area contributed by atoms with E-state index in [1.165, 1.54) is 34.0 Å². The molecule has 1 saturated heterocycles. The van der Waals surface area contributed by atoms with E-state index in [0.717, 1.165) is 11.6 Å². The zero-order chi connectivity index (χ0) is 6.69. The van der Waals surface area contributed by atoms with Crippen LogP contribution in [-0.4, -0.2) is 11.8 Å². The second-order valence-electron chi connectivity index (χ2n) is 3.08. The molecule has 0 nitrogen and oxygen atoms in total. The lowest BCUT2D eigenvalue weighted by molar-refractivity contribution is 0.483. The van der Waals surface area contributed by atoms with E-state index in [1.54, 1.807) is 0 Å². The molecule has 54 valence electrons. The molecule has 9 heavy (non-hydrogen) atoms. The van der Waals surface area contributed by atoms with Gasteiger partial charge in [0.25, 0.3) is 0 Å². The van der Waals surface area contributed by atoms with Crippen LogP contribution >= 0.6 is 8.58 Å². The molecular formula is C8H17P. The molecule has 3 atom stereocenters. The summed E-state index contributed by atoms with van der Waals surface area (Å²) in [4.78, 5) is 0. The van der Waals surface area contributed by atoms with Crippen molar-refractivity contribution in [1.29, 1.82) is 0 Å². The Morgan fingerprint density at radius 2 is 2.33 bits per heavy atom. The molecule has 0 saturated carbocycles. The lowest BCUT2D eigenvalue weighted by atomic mass is 9.98. The SMILES string of the molecule is CCCC1CCPC1C. The first-order valence-corrected chi connectivity index (χ1v) is 5.36. The second kappa shape index (κ2) is 3.56. The summed E-state index contributed by atoms with van der Waals surface area (Å²) in [6.07, 6.45) is 5.91. The minimum atomic E-state index is 1.06. The van der Waals surface area contributed by atoms with Gasteiger partial charge in [-0.2, -0.15) is 0 Å². The van der Waals surface area contributed by atoms with Crippen molar-refractivity contribution in [3.8, 4) is 0 Å². The third-order valence-electron chi connectivity index (χ3n) is 2.35. The summed E-state index contributed by atoms with van der Waals surface area (Å²) >= 11 is 0. The molecule has 3 unspecified atom stereocenters. The molecule has 1 rings (SSSR count). The molecule has 1 heteroatoms. The van der Waals surface area contributed by atoms with E-state index >= 15 is 0 Å². The molecule has 1 heterocycles. The molecule has 0 aromatic rings. The van der Waals surface area contributed by atoms with Gasteiger partial charge in [-0.3, -0.25) is 0 Å². The van der Waals surface area contributed by atoms with E-state index in [9.17, 15) is 0 Å². The first kappa shape index (κ1) is 7.54. The van der Waals surface area contributed by atoms with Crippen molar-refractivity contribution in [3.63, 3.8) is 0 Å². The van der Waals surface area contributed by atoms with E-state index < -0.39 is 0 Å². The van der Waals surface area contributed by atoms with Crippen LogP contribution in [0, 0.1) is 5.92 Å². The molecule has 1 aliphatic rings. The van der Waals surface area contributed by atoms with Crippen molar-refractivity contribution < 1.29 is 0 Å². The Kier molecular flexibility index (Phi) is 2.98. The minimum absolute atomic E-state index is 1.06. The van der Waals surface area contributed by atoms with Crippen LogP contribution in [-0.2, 0) is 0 Å². The van der Waals surface area contributed by atoms with Gasteiger partial charge in [0.05, 0.1) is 0 Å². The summed E-state index contributed by atoms with van der Waals surface area (Å²) in [5.41, 5.74) is 1.06. The normalized spacial score (nSPS) is 38.0. The molecular weight excluding hydrogens is 127 g/mol. The first-order valence-electron chi connectivity index (χ1n) is 4.08.